The molecule has 0 bridgehead atoms. The molecule has 2 aromatic carbocycles. The second kappa shape index (κ2) is 11.5. The molecule has 2 N–H and O–H groups in total. The summed E-state index contributed by atoms with van der Waals surface area (Å²) in [6, 6.07) is 13.3. The van der Waals surface area contributed by atoms with E-state index in [1.807, 2.05) is 38.1 Å². The number of ether oxygens (including phenoxy) is 1. The van der Waals surface area contributed by atoms with Crippen LogP contribution in [0.2, 0.25) is 5.02 Å². The van der Waals surface area contributed by atoms with Gasteiger partial charge in [-0.25, -0.2) is 5.43 Å². The Balaban J connectivity index is 1.72. The number of hydrazone groups is 1. The number of esters is 1. The Morgan fingerprint density at radius 3 is 2.62 bits per heavy atom. The van der Waals surface area contributed by atoms with Crippen molar-refractivity contribution in [3.05, 3.63) is 70.9 Å². The molecule has 1 atom stereocenters. The van der Waals surface area contributed by atoms with Crippen LogP contribution >= 0.6 is 11.6 Å². The lowest BCUT2D eigenvalue weighted by Crippen LogP contribution is -2.48. The molecule has 1 unspecified atom stereocenters. The zero-order chi connectivity index (χ0) is 24.7. The summed E-state index contributed by atoms with van der Waals surface area (Å²) in [6.07, 6.45) is 3.29. The average molecular weight is 483 g/mol. The first-order valence-corrected chi connectivity index (χ1v) is 11.3. The van der Waals surface area contributed by atoms with Crippen molar-refractivity contribution in [2.24, 2.45) is 11.0 Å². The number of nitrogens with zero attached hydrogens (tertiary/aromatic N) is 2. The molecule has 0 aliphatic carbocycles. The van der Waals surface area contributed by atoms with Crippen molar-refractivity contribution < 1.29 is 19.1 Å². The van der Waals surface area contributed by atoms with Crippen LogP contribution in [-0.4, -0.2) is 41.2 Å². The number of hydrogen-bond acceptors (Lipinski definition) is 5. The van der Waals surface area contributed by atoms with Gasteiger partial charge in [0.25, 0.3) is 11.8 Å². The third-order valence-corrected chi connectivity index (χ3v) is 5.36. The van der Waals surface area contributed by atoms with Gasteiger partial charge in [0, 0.05) is 33.2 Å². The van der Waals surface area contributed by atoms with Gasteiger partial charge in [-0.3, -0.25) is 14.4 Å². The van der Waals surface area contributed by atoms with Crippen molar-refractivity contribution >= 4 is 46.5 Å². The average Bonchev–Trinajstić information content (AvgIpc) is 3.14. The van der Waals surface area contributed by atoms with Crippen molar-refractivity contribution in [2.75, 3.05) is 6.61 Å². The smallest absolute Gasteiger partial charge is 0.325 e. The van der Waals surface area contributed by atoms with Gasteiger partial charge in [-0.1, -0.05) is 49.7 Å². The molecule has 3 aromatic rings. The molecule has 0 saturated heterocycles. The van der Waals surface area contributed by atoms with Gasteiger partial charge in [-0.2, -0.15) is 5.10 Å². The van der Waals surface area contributed by atoms with Gasteiger partial charge in [0.05, 0.1) is 12.8 Å². The summed E-state index contributed by atoms with van der Waals surface area (Å²) in [4.78, 5) is 37.3. The van der Waals surface area contributed by atoms with E-state index in [4.69, 9.17) is 16.3 Å². The minimum absolute atomic E-state index is 0.0690. The van der Waals surface area contributed by atoms with Gasteiger partial charge in [0.2, 0.25) is 0 Å². The predicted molar refractivity (Wildman–Crippen MR) is 132 cm³/mol. The third kappa shape index (κ3) is 6.23. The molecule has 0 aliphatic rings. The summed E-state index contributed by atoms with van der Waals surface area (Å²) in [5.41, 5.74) is 4.44. The molecule has 1 heterocycles. The maximum atomic E-state index is 12.8. The quantitative estimate of drug-likeness (QED) is 0.275. The first-order valence-electron chi connectivity index (χ1n) is 10.9. The van der Waals surface area contributed by atoms with Crippen molar-refractivity contribution in [2.45, 2.75) is 33.4 Å². The van der Waals surface area contributed by atoms with Gasteiger partial charge < -0.3 is 14.6 Å². The fourth-order valence-corrected chi connectivity index (χ4v) is 3.67. The Bertz CT molecular complexity index is 1220. The van der Waals surface area contributed by atoms with E-state index >= 15 is 0 Å². The highest BCUT2D eigenvalue weighted by molar-refractivity contribution is 6.31. The topological polar surface area (TPSA) is 102 Å². The highest BCUT2D eigenvalue weighted by Crippen LogP contribution is 2.20. The summed E-state index contributed by atoms with van der Waals surface area (Å²) in [6.45, 7) is 5.79. The Morgan fingerprint density at radius 2 is 1.91 bits per heavy atom. The Kier molecular flexibility index (Phi) is 8.43. The van der Waals surface area contributed by atoms with E-state index in [9.17, 15) is 14.4 Å². The molecule has 0 aliphatic heterocycles. The normalized spacial score (nSPS) is 12.1. The van der Waals surface area contributed by atoms with Gasteiger partial charge in [0.1, 0.15) is 12.6 Å². The number of carbonyl (C=O) groups is 3. The maximum absolute atomic E-state index is 12.8. The Hall–Kier alpha value is -3.65. The molecule has 2 amide bonds. The van der Waals surface area contributed by atoms with Gasteiger partial charge >= 0.3 is 5.97 Å². The molecule has 34 heavy (non-hydrogen) atoms. The first-order chi connectivity index (χ1) is 16.3. The van der Waals surface area contributed by atoms with Crippen LogP contribution in [0.3, 0.4) is 0 Å². The molecule has 0 spiro atoms. The van der Waals surface area contributed by atoms with E-state index < -0.39 is 17.9 Å². The van der Waals surface area contributed by atoms with E-state index in [1.165, 1.54) is 12.3 Å². The summed E-state index contributed by atoms with van der Waals surface area (Å²) in [7, 11) is 0. The van der Waals surface area contributed by atoms with Crippen molar-refractivity contribution in [1.82, 2.24) is 15.3 Å². The predicted octanol–water partition coefficient (Wildman–Crippen LogP) is 3.76. The molecular formula is C25H27ClN4O4. The van der Waals surface area contributed by atoms with Gasteiger partial charge in [0.15, 0.2) is 0 Å². The van der Waals surface area contributed by atoms with Crippen LogP contribution in [-0.2, 0) is 20.9 Å². The van der Waals surface area contributed by atoms with Crippen LogP contribution in [0, 0.1) is 5.92 Å². The zero-order valence-corrected chi connectivity index (χ0v) is 20.0. The molecule has 0 fully saturated rings. The van der Waals surface area contributed by atoms with E-state index in [0.29, 0.717) is 17.2 Å². The standard InChI is InChI=1S/C25H27ClN4O4/c1-4-34-22(31)15-30-14-18(20-10-5-6-11-21(20)30)13-27-29-25(33)23(16(2)3)28-24(32)17-8-7-9-19(26)12-17/h5-14,16,23H,4,15H2,1-3H3,(H,28,32)(H,29,33). The van der Waals surface area contributed by atoms with Crippen LogP contribution in [0.4, 0.5) is 0 Å². The second-order valence-corrected chi connectivity index (χ2v) is 8.41. The SMILES string of the molecule is CCOC(=O)Cn1cc(C=NNC(=O)C(NC(=O)c2cccc(Cl)c2)C(C)C)c2ccccc21. The van der Waals surface area contributed by atoms with E-state index in [2.05, 4.69) is 15.8 Å². The van der Waals surface area contributed by atoms with Crippen molar-refractivity contribution in [1.29, 1.82) is 0 Å². The first kappa shape index (κ1) is 25.0. The van der Waals surface area contributed by atoms with Crippen LogP contribution in [0.15, 0.2) is 59.8 Å². The lowest BCUT2D eigenvalue weighted by atomic mass is 10.0. The maximum Gasteiger partial charge on any atom is 0.325 e. The number of aromatic nitrogens is 1. The van der Waals surface area contributed by atoms with Crippen LogP contribution in [0.1, 0.15) is 36.7 Å². The second-order valence-electron chi connectivity index (χ2n) is 7.97. The number of fused-ring (bicyclic) bond motifs is 1. The summed E-state index contributed by atoms with van der Waals surface area (Å²) >= 11 is 5.96. The van der Waals surface area contributed by atoms with Gasteiger partial charge in [-0.15, -0.1) is 0 Å². The summed E-state index contributed by atoms with van der Waals surface area (Å²) < 4.78 is 6.82. The number of benzene rings is 2. The lowest BCUT2D eigenvalue weighted by Gasteiger charge is -2.20. The number of carbonyl (C=O) groups excluding carboxylic acids is 3. The van der Waals surface area contributed by atoms with Crippen LogP contribution in [0.25, 0.3) is 10.9 Å². The largest absolute Gasteiger partial charge is 0.465 e. The number of amides is 2. The number of rotatable bonds is 9. The lowest BCUT2D eigenvalue weighted by molar-refractivity contribution is -0.143. The Labute approximate surface area is 202 Å². The monoisotopic (exact) mass is 482 g/mol. The molecule has 3 rings (SSSR count). The highest BCUT2D eigenvalue weighted by atomic mass is 35.5. The van der Waals surface area contributed by atoms with Crippen molar-refractivity contribution in [3.63, 3.8) is 0 Å². The van der Waals surface area contributed by atoms with E-state index in [-0.39, 0.29) is 18.4 Å². The minimum atomic E-state index is -0.797. The van der Waals surface area contributed by atoms with Gasteiger partial charge in [-0.05, 0) is 37.1 Å². The van der Waals surface area contributed by atoms with E-state index in [1.54, 1.807) is 35.9 Å². The molecule has 178 valence electrons. The zero-order valence-electron chi connectivity index (χ0n) is 19.2. The molecule has 8 nitrogen and oxygen atoms in total. The molecular weight excluding hydrogens is 456 g/mol. The summed E-state index contributed by atoms with van der Waals surface area (Å²) in [5, 5.41) is 8.14. The Morgan fingerprint density at radius 1 is 1.15 bits per heavy atom. The molecule has 0 radical (unpaired) electrons. The number of nitrogens with one attached hydrogen (secondary N) is 2. The van der Waals surface area contributed by atoms with Crippen molar-refractivity contribution in [3.8, 4) is 0 Å². The fourth-order valence-electron chi connectivity index (χ4n) is 3.48. The summed E-state index contributed by atoms with van der Waals surface area (Å²) in [5.74, 6) is -1.36. The third-order valence-electron chi connectivity index (χ3n) is 5.13. The molecule has 9 heteroatoms. The fraction of sp³-hybridized carbons (Fsp3) is 0.280. The van der Waals surface area contributed by atoms with E-state index in [0.717, 1.165) is 16.5 Å². The molecule has 1 aromatic heterocycles. The number of hydrogen-bond donors (Lipinski definition) is 2. The number of halogens is 1. The van der Waals surface area contributed by atoms with Crippen LogP contribution < -0.4 is 10.7 Å². The van der Waals surface area contributed by atoms with Crippen LogP contribution in [0.5, 0.6) is 0 Å². The highest BCUT2D eigenvalue weighted by Gasteiger charge is 2.24. The minimum Gasteiger partial charge on any atom is -0.465 e. The molecule has 0 saturated carbocycles. The number of para-hydroxylation sites is 1.